The highest BCUT2D eigenvalue weighted by Crippen LogP contribution is 2.41. The largest absolute Gasteiger partial charge is 0.497 e. The van der Waals surface area contributed by atoms with Crippen molar-refractivity contribution in [2.45, 2.75) is 50.5 Å². The van der Waals surface area contributed by atoms with Crippen molar-refractivity contribution in [1.29, 1.82) is 0 Å². The Bertz CT molecular complexity index is 563. The lowest BCUT2D eigenvalue weighted by Gasteiger charge is -2.31. The molecule has 0 heterocycles. The molecule has 0 saturated heterocycles. The van der Waals surface area contributed by atoms with Crippen molar-refractivity contribution in [3.8, 4) is 5.75 Å². The van der Waals surface area contributed by atoms with E-state index in [1.807, 2.05) is 13.1 Å². The highest BCUT2D eigenvalue weighted by Gasteiger charge is 2.37. The van der Waals surface area contributed by atoms with E-state index in [9.17, 15) is 0 Å². The second-order valence-electron chi connectivity index (χ2n) is 7.11. The van der Waals surface area contributed by atoms with Crippen LogP contribution >= 0.6 is 0 Å². The molecule has 0 aromatic heterocycles. The van der Waals surface area contributed by atoms with Crippen molar-refractivity contribution in [3.63, 3.8) is 0 Å². The number of ether oxygens (including phenoxy) is 1. The molecule has 1 aromatic rings. The van der Waals surface area contributed by atoms with Gasteiger partial charge in [0, 0.05) is 25.0 Å². The van der Waals surface area contributed by atoms with Crippen molar-refractivity contribution in [2.75, 3.05) is 20.7 Å². The van der Waals surface area contributed by atoms with Gasteiger partial charge in [0.25, 0.3) is 0 Å². The number of nitrogens with one attached hydrogen (secondary N) is 2. The average molecular weight is 315 g/mol. The molecule has 4 heteroatoms. The standard InChI is InChI=1S/C19H29N3O/c1-14-11-17(14)22-18(20-2)21-13-19(9-4-5-10-19)15-7-6-8-16(12-15)23-3/h6-8,12,14,17H,4-5,9-11,13H2,1-3H3,(H2,20,21,22). The molecule has 0 aliphatic heterocycles. The first-order valence-electron chi connectivity index (χ1n) is 8.78. The summed E-state index contributed by atoms with van der Waals surface area (Å²) in [5.74, 6) is 2.66. The van der Waals surface area contributed by atoms with Crippen molar-refractivity contribution >= 4 is 5.96 Å². The Morgan fingerprint density at radius 3 is 2.70 bits per heavy atom. The van der Waals surface area contributed by atoms with Gasteiger partial charge in [-0.2, -0.15) is 0 Å². The van der Waals surface area contributed by atoms with Crippen LogP contribution in [0.2, 0.25) is 0 Å². The van der Waals surface area contributed by atoms with E-state index in [2.05, 4.69) is 40.7 Å². The molecule has 2 aliphatic carbocycles. The third-order valence-corrected chi connectivity index (χ3v) is 5.49. The predicted octanol–water partition coefficient (Wildman–Crippen LogP) is 3.08. The maximum Gasteiger partial charge on any atom is 0.191 e. The minimum Gasteiger partial charge on any atom is -0.497 e. The lowest BCUT2D eigenvalue weighted by molar-refractivity contribution is 0.404. The molecule has 2 unspecified atom stereocenters. The summed E-state index contributed by atoms with van der Waals surface area (Å²) in [6.07, 6.45) is 6.30. The minimum absolute atomic E-state index is 0.196. The van der Waals surface area contributed by atoms with Crippen molar-refractivity contribution in [2.24, 2.45) is 10.9 Å². The normalized spacial score (nSPS) is 26.0. The van der Waals surface area contributed by atoms with Gasteiger partial charge >= 0.3 is 0 Å². The summed E-state index contributed by atoms with van der Waals surface area (Å²) in [5, 5.41) is 7.10. The molecule has 0 radical (unpaired) electrons. The first kappa shape index (κ1) is 16.2. The highest BCUT2D eigenvalue weighted by atomic mass is 16.5. The number of rotatable bonds is 5. The zero-order chi connectivity index (χ0) is 16.3. The smallest absolute Gasteiger partial charge is 0.191 e. The number of guanidine groups is 1. The Labute approximate surface area is 139 Å². The summed E-state index contributed by atoms with van der Waals surface area (Å²) in [7, 11) is 3.59. The third-order valence-electron chi connectivity index (χ3n) is 5.49. The van der Waals surface area contributed by atoms with E-state index in [1.54, 1.807) is 7.11 Å². The van der Waals surface area contributed by atoms with E-state index < -0.39 is 0 Å². The Kier molecular flexibility index (Phi) is 4.79. The zero-order valence-electron chi connectivity index (χ0n) is 14.6. The van der Waals surface area contributed by atoms with E-state index in [0.29, 0.717) is 6.04 Å². The van der Waals surface area contributed by atoms with E-state index in [1.165, 1.54) is 37.7 Å². The molecule has 2 N–H and O–H groups in total. The predicted molar refractivity (Wildman–Crippen MR) is 95.2 cm³/mol. The molecule has 4 nitrogen and oxygen atoms in total. The number of hydrogen-bond donors (Lipinski definition) is 2. The topological polar surface area (TPSA) is 45.7 Å². The first-order chi connectivity index (χ1) is 11.2. The van der Waals surface area contributed by atoms with Crippen LogP contribution in [0.5, 0.6) is 5.75 Å². The molecule has 1 aromatic carbocycles. The Morgan fingerprint density at radius 1 is 1.35 bits per heavy atom. The third kappa shape index (κ3) is 3.62. The summed E-state index contributed by atoms with van der Waals surface area (Å²) in [6.45, 7) is 3.21. The van der Waals surface area contributed by atoms with Crippen LogP contribution in [-0.2, 0) is 5.41 Å². The Morgan fingerprint density at radius 2 is 2.09 bits per heavy atom. The molecule has 0 bridgehead atoms. The second-order valence-corrected chi connectivity index (χ2v) is 7.11. The number of benzene rings is 1. The Balaban J connectivity index is 1.70. The maximum atomic E-state index is 5.42. The fraction of sp³-hybridized carbons (Fsp3) is 0.632. The highest BCUT2D eigenvalue weighted by molar-refractivity contribution is 5.80. The molecular weight excluding hydrogens is 286 g/mol. The zero-order valence-corrected chi connectivity index (χ0v) is 14.6. The average Bonchev–Trinajstić information content (AvgIpc) is 3.08. The molecule has 3 rings (SSSR count). The van der Waals surface area contributed by atoms with Crippen molar-refractivity contribution in [1.82, 2.24) is 10.6 Å². The minimum atomic E-state index is 0.196. The molecule has 0 spiro atoms. The van der Waals surface area contributed by atoms with Crippen LogP contribution in [-0.4, -0.2) is 32.7 Å². The molecule has 23 heavy (non-hydrogen) atoms. The fourth-order valence-electron chi connectivity index (χ4n) is 3.72. The molecule has 2 aliphatic rings. The van der Waals surface area contributed by atoms with E-state index in [4.69, 9.17) is 4.74 Å². The Hall–Kier alpha value is -1.71. The number of aliphatic imine (C=N–C) groups is 1. The van der Waals surface area contributed by atoms with E-state index in [0.717, 1.165) is 24.2 Å². The number of methoxy groups -OCH3 is 1. The van der Waals surface area contributed by atoms with Crippen LogP contribution in [0.25, 0.3) is 0 Å². The van der Waals surface area contributed by atoms with Gasteiger partial charge in [-0.15, -0.1) is 0 Å². The molecule has 0 amide bonds. The summed E-state index contributed by atoms with van der Waals surface area (Å²) < 4.78 is 5.42. The summed E-state index contributed by atoms with van der Waals surface area (Å²) in [6, 6.07) is 9.17. The van der Waals surface area contributed by atoms with E-state index in [-0.39, 0.29) is 5.41 Å². The van der Waals surface area contributed by atoms with Gasteiger partial charge in [0.05, 0.1) is 7.11 Å². The molecule has 2 fully saturated rings. The number of hydrogen-bond acceptors (Lipinski definition) is 2. The SMILES string of the molecule is CN=C(NCC1(c2cccc(OC)c2)CCCC1)NC1CC1C. The molecule has 126 valence electrons. The van der Waals surface area contributed by atoms with Crippen LogP contribution in [0.1, 0.15) is 44.6 Å². The first-order valence-corrected chi connectivity index (χ1v) is 8.78. The van der Waals surface area contributed by atoms with Crippen LogP contribution in [0.15, 0.2) is 29.3 Å². The van der Waals surface area contributed by atoms with Gasteiger partial charge in [0.1, 0.15) is 5.75 Å². The summed E-state index contributed by atoms with van der Waals surface area (Å²) in [4.78, 5) is 4.39. The monoisotopic (exact) mass is 315 g/mol. The number of nitrogens with zero attached hydrogens (tertiary/aromatic N) is 1. The maximum absolute atomic E-state index is 5.42. The quantitative estimate of drug-likeness (QED) is 0.648. The van der Waals surface area contributed by atoms with Gasteiger partial charge in [-0.1, -0.05) is 31.9 Å². The van der Waals surface area contributed by atoms with Gasteiger partial charge in [0.2, 0.25) is 0 Å². The van der Waals surface area contributed by atoms with Gasteiger partial charge < -0.3 is 15.4 Å². The van der Waals surface area contributed by atoms with Gasteiger partial charge in [0.15, 0.2) is 5.96 Å². The molecule has 2 saturated carbocycles. The fourth-order valence-corrected chi connectivity index (χ4v) is 3.72. The summed E-state index contributed by atoms with van der Waals surface area (Å²) in [5.41, 5.74) is 1.58. The summed E-state index contributed by atoms with van der Waals surface area (Å²) >= 11 is 0. The van der Waals surface area contributed by atoms with Crippen LogP contribution in [0.4, 0.5) is 0 Å². The van der Waals surface area contributed by atoms with Gasteiger partial charge in [-0.25, -0.2) is 0 Å². The van der Waals surface area contributed by atoms with Crippen molar-refractivity contribution < 1.29 is 4.74 Å². The van der Waals surface area contributed by atoms with Gasteiger partial charge in [-0.3, -0.25) is 4.99 Å². The lowest BCUT2D eigenvalue weighted by Crippen LogP contribution is -2.45. The molecule has 2 atom stereocenters. The second kappa shape index (κ2) is 6.81. The van der Waals surface area contributed by atoms with Crippen molar-refractivity contribution in [3.05, 3.63) is 29.8 Å². The van der Waals surface area contributed by atoms with Crippen LogP contribution < -0.4 is 15.4 Å². The molecular formula is C19H29N3O. The van der Waals surface area contributed by atoms with Gasteiger partial charge in [-0.05, 0) is 42.9 Å². The lowest BCUT2D eigenvalue weighted by atomic mass is 9.78. The van der Waals surface area contributed by atoms with E-state index >= 15 is 0 Å². The van der Waals surface area contributed by atoms with Crippen LogP contribution in [0, 0.1) is 5.92 Å². The van der Waals surface area contributed by atoms with Crippen LogP contribution in [0.3, 0.4) is 0 Å².